The maximum Gasteiger partial charge on any atom is 0.145 e. The fourth-order valence-corrected chi connectivity index (χ4v) is 2.94. The lowest BCUT2D eigenvalue weighted by atomic mass is 10.1. The van der Waals surface area contributed by atoms with Gasteiger partial charge in [-0.25, -0.2) is 9.97 Å². The predicted octanol–water partition coefficient (Wildman–Crippen LogP) is 3.70. The number of nitrogen functional groups attached to an aromatic ring is 1. The second-order valence-corrected chi connectivity index (χ2v) is 6.06. The van der Waals surface area contributed by atoms with Gasteiger partial charge in [0.2, 0.25) is 0 Å². The topological polar surface area (TPSA) is 56.7 Å². The zero-order valence-corrected chi connectivity index (χ0v) is 13.2. The molecule has 3 aromatic rings. The molecule has 0 amide bonds. The molecule has 0 unspecified atom stereocenters. The van der Waals surface area contributed by atoms with Crippen LogP contribution in [0.25, 0.3) is 22.2 Å². The summed E-state index contributed by atoms with van der Waals surface area (Å²) in [6.07, 6.45) is 5.69. The number of aromatic nitrogens is 3. The van der Waals surface area contributed by atoms with E-state index in [0.717, 1.165) is 40.1 Å². The maximum absolute atomic E-state index is 6.30. The Hall–Kier alpha value is -1.72. The number of anilines is 1. The summed E-state index contributed by atoms with van der Waals surface area (Å²) in [5.41, 5.74) is 9.48. The molecule has 6 heteroatoms. The van der Waals surface area contributed by atoms with Crippen molar-refractivity contribution in [2.75, 3.05) is 17.7 Å². The van der Waals surface area contributed by atoms with E-state index in [2.05, 4.69) is 27.0 Å². The number of halogens is 1. The van der Waals surface area contributed by atoms with E-state index in [4.69, 9.17) is 17.3 Å². The van der Waals surface area contributed by atoms with Crippen LogP contribution in [0.15, 0.2) is 36.8 Å². The number of nitrogens with two attached hydrogens (primary N) is 1. The molecule has 0 fully saturated rings. The largest absolute Gasteiger partial charge is 0.399 e. The molecule has 0 saturated carbocycles. The van der Waals surface area contributed by atoms with Gasteiger partial charge in [0.05, 0.1) is 5.39 Å². The zero-order valence-electron chi connectivity index (χ0n) is 11.6. The average molecular weight is 319 g/mol. The molecular weight excluding hydrogens is 304 g/mol. The summed E-state index contributed by atoms with van der Waals surface area (Å²) in [6, 6.07) is 7.76. The van der Waals surface area contributed by atoms with Crippen LogP contribution in [-0.2, 0) is 6.54 Å². The van der Waals surface area contributed by atoms with E-state index >= 15 is 0 Å². The first-order valence-electron chi connectivity index (χ1n) is 6.55. The van der Waals surface area contributed by atoms with Crippen LogP contribution < -0.4 is 5.73 Å². The molecule has 3 rings (SSSR count). The first-order valence-corrected chi connectivity index (χ1v) is 8.32. The van der Waals surface area contributed by atoms with Crippen molar-refractivity contribution < 1.29 is 0 Å². The molecule has 4 nitrogen and oxygen atoms in total. The van der Waals surface area contributed by atoms with E-state index in [-0.39, 0.29) is 0 Å². The summed E-state index contributed by atoms with van der Waals surface area (Å²) >= 11 is 8.10. The van der Waals surface area contributed by atoms with Gasteiger partial charge in [0.15, 0.2) is 0 Å². The summed E-state index contributed by atoms with van der Waals surface area (Å²) in [4.78, 5) is 8.51. The van der Waals surface area contributed by atoms with Crippen LogP contribution in [0.3, 0.4) is 0 Å². The molecular formula is C15H15ClN4S. The Balaban J connectivity index is 2.19. The Kier molecular flexibility index (Phi) is 4.03. The van der Waals surface area contributed by atoms with Crippen molar-refractivity contribution in [1.29, 1.82) is 0 Å². The van der Waals surface area contributed by atoms with Crippen molar-refractivity contribution in [3.63, 3.8) is 0 Å². The monoisotopic (exact) mass is 318 g/mol. The molecule has 2 N–H and O–H groups in total. The molecule has 0 spiro atoms. The number of fused-ring (bicyclic) bond motifs is 1. The lowest BCUT2D eigenvalue weighted by molar-refractivity contribution is 0.797. The molecule has 0 aliphatic carbocycles. The Morgan fingerprint density at radius 3 is 2.71 bits per heavy atom. The Morgan fingerprint density at radius 2 is 2.00 bits per heavy atom. The number of benzene rings is 1. The highest BCUT2D eigenvalue weighted by Gasteiger charge is 2.15. The number of hydrogen-bond donors (Lipinski definition) is 1. The van der Waals surface area contributed by atoms with Gasteiger partial charge in [-0.2, -0.15) is 11.8 Å². The fraction of sp³-hybridized carbons (Fsp3) is 0.200. The fourth-order valence-electron chi connectivity index (χ4n) is 2.33. The lowest BCUT2D eigenvalue weighted by Crippen LogP contribution is -1.99. The Morgan fingerprint density at radius 1 is 1.24 bits per heavy atom. The number of aryl methyl sites for hydroxylation is 1. The highest BCUT2D eigenvalue weighted by Crippen LogP contribution is 2.33. The molecule has 0 atom stereocenters. The van der Waals surface area contributed by atoms with Gasteiger partial charge in [-0.3, -0.25) is 0 Å². The van der Waals surface area contributed by atoms with Crippen molar-refractivity contribution >= 4 is 40.1 Å². The van der Waals surface area contributed by atoms with Crippen LogP contribution in [0.1, 0.15) is 0 Å². The maximum atomic E-state index is 6.30. The van der Waals surface area contributed by atoms with E-state index in [9.17, 15) is 0 Å². The van der Waals surface area contributed by atoms with E-state index in [1.807, 2.05) is 24.3 Å². The highest BCUT2D eigenvalue weighted by molar-refractivity contribution is 7.98. The van der Waals surface area contributed by atoms with Crippen LogP contribution in [0, 0.1) is 0 Å². The third-order valence-electron chi connectivity index (χ3n) is 3.37. The Labute approximate surface area is 132 Å². The van der Waals surface area contributed by atoms with Gasteiger partial charge in [0, 0.05) is 29.7 Å². The van der Waals surface area contributed by atoms with Gasteiger partial charge >= 0.3 is 0 Å². The standard InChI is InChI=1S/C15H15ClN4S/c1-21-7-6-20-8-12(10-2-4-11(17)5-3-10)13-14(16)18-9-19-15(13)20/h2-5,8-9H,6-7,17H2,1H3. The summed E-state index contributed by atoms with van der Waals surface area (Å²) in [5, 5.41) is 1.37. The molecule has 1 aromatic carbocycles. The van der Waals surface area contributed by atoms with Crippen LogP contribution in [0.5, 0.6) is 0 Å². The normalized spacial score (nSPS) is 11.1. The van der Waals surface area contributed by atoms with E-state index in [1.54, 1.807) is 11.8 Å². The quantitative estimate of drug-likeness (QED) is 0.588. The van der Waals surface area contributed by atoms with Gasteiger partial charge in [0.25, 0.3) is 0 Å². The molecule has 108 valence electrons. The van der Waals surface area contributed by atoms with E-state index in [0.29, 0.717) is 5.15 Å². The smallest absolute Gasteiger partial charge is 0.145 e. The van der Waals surface area contributed by atoms with Crippen LogP contribution in [0.4, 0.5) is 5.69 Å². The minimum absolute atomic E-state index is 0.481. The van der Waals surface area contributed by atoms with Crippen LogP contribution in [-0.4, -0.2) is 26.5 Å². The van der Waals surface area contributed by atoms with Gasteiger partial charge in [-0.1, -0.05) is 23.7 Å². The van der Waals surface area contributed by atoms with Gasteiger partial charge in [0.1, 0.15) is 17.1 Å². The van der Waals surface area contributed by atoms with Crippen molar-refractivity contribution in [1.82, 2.24) is 14.5 Å². The molecule has 0 radical (unpaired) electrons. The van der Waals surface area contributed by atoms with Gasteiger partial charge in [-0.15, -0.1) is 0 Å². The second kappa shape index (κ2) is 5.95. The van der Waals surface area contributed by atoms with Gasteiger partial charge in [-0.05, 0) is 24.0 Å². The Bertz CT molecular complexity index is 767. The molecule has 21 heavy (non-hydrogen) atoms. The lowest BCUT2D eigenvalue weighted by Gasteiger charge is -2.02. The first kappa shape index (κ1) is 14.2. The number of rotatable bonds is 4. The molecule has 2 heterocycles. The predicted molar refractivity (Wildman–Crippen MR) is 90.8 cm³/mol. The molecule has 0 bridgehead atoms. The number of thioether (sulfide) groups is 1. The second-order valence-electron chi connectivity index (χ2n) is 4.71. The summed E-state index contributed by atoms with van der Waals surface area (Å²) < 4.78 is 2.13. The van der Waals surface area contributed by atoms with Crippen molar-refractivity contribution in [2.45, 2.75) is 6.54 Å². The summed E-state index contributed by atoms with van der Waals surface area (Å²) in [7, 11) is 0. The van der Waals surface area contributed by atoms with Crippen molar-refractivity contribution in [3.8, 4) is 11.1 Å². The van der Waals surface area contributed by atoms with E-state index in [1.165, 1.54) is 6.33 Å². The molecule has 2 aromatic heterocycles. The zero-order chi connectivity index (χ0) is 14.8. The third kappa shape index (κ3) is 2.71. The number of hydrogen-bond acceptors (Lipinski definition) is 4. The van der Waals surface area contributed by atoms with Crippen molar-refractivity contribution in [3.05, 3.63) is 41.9 Å². The third-order valence-corrected chi connectivity index (χ3v) is 4.24. The average Bonchev–Trinajstić information content (AvgIpc) is 2.86. The van der Waals surface area contributed by atoms with Crippen molar-refractivity contribution in [2.24, 2.45) is 0 Å². The van der Waals surface area contributed by atoms with Gasteiger partial charge < -0.3 is 10.3 Å². The summed E-state index contributed by atoms with van der Waals surface area (Å²) in [6.45, 7) is 0.889. The molecule has 0 aliphatic rings. The minimum atomic E-state index is 0.481. The van der Waals surface area contributed by atoms with Crippen LogP contribution >= 0.6 is 23.4 Å². The number of nitrogens with zero attached hydrogens (tertiary/aromatic N) is 3. The van der Waals surface area contributed by atoms with E-state index < -0.39 is 0 Å². The first-order chi connectivity index (χ1) is 10.2. The highest BCUT2D eigenvalue weighted by atomic mass is 35.5. The summed E-state index contributed by atoms with van der Waals surface area (Å²) in [5.74, 6) is 1.02. The minimum Gasteiger partial charge on any atom is -0.399 e. The SMILES string of the molecule is CSCCn1cc(-c2ccc(N)cc2)c2c(Cl)ncnc21. The molecule has 0 saturated heterocycles. The van der Waals surface area contributed by atoms with Crippen LogP contribution in [0.2, 0.25) is 5.15 Å². The molecule has 0 aliphatic heterocycles.